The maximum absolute atomic E-state index is 12.9. The summed E-state index contributed by atoms with van der Waals surface area (Å²) >= 11 is 0. The van der Waals surface area contributed by atoms with Crippen molar-refractivity contribution in [3.63, 3.8) is 0 Å². The third-order valence-corrected chi connectivity index (χ3v) is 13.7. The second-order valence-electron chi connectivity index (χ2n) is 21.6. The van der Waals surface area contributed by atoms with E-state index in [0.29, 0.717) is 19.3 Å². The normalized spacial score (nSPS) is 12.0. The fourth-order valence-corrected chi connectivity index (χ4v) is 9.23. The predicted octanol–water partition coefficient (Wildman–Crippen LogP) is 19.7. The Bertz CT molecular complexity index is 1010. The molecular formula is C60H116O6. The third-order valence-electron chi connectivity index (χ3n) is 13.7. The van der Waals surface area contributed by atoms with Crippen LogP contribution < -0.4 is 0 Å². The first-order valence-corrected chi connectivity index (χ1v) is 29.7. The van der Waals surface area contributed by atoms with Crippen LogP contribution in [-0.2, 0) is 28.6 Å². The Morgan fingerprint density at radius 1 is 0.288 bits per heavy atom. The molecule has 0 amide bonds. The van der Waals surface area contributed by atoms with Gasteiger partial charge in [0.2, 0.25) is 0 Å². The molecule has 0 aliphatic rings. The number of rotatable bonds is 54. The summed E-state index contributed by atoms with van der Waals surface area (Å²) < 4.78 is 16.9. The van der Waals surface area contributed by atoms with Gasteiger partial charge in [0.1, 0.15) is 13.2 Å². The zero-order chi connectivity index (χ0) is 48.2. The van der Waals surface area contributed by atoms with Crippen molar-refractivity contribution in [2.24, 2.45) is 11.8 Å². The van der Waals surface area contributed by atoms with Crippen molar-refractivity contribution < 1.29 is 28.6 Å². The number of carbonyl (C=O) groups excluding carboxylic acids is 3. The quantitative estimate of drug-likeness (QED) is 0.0343. The van der Waals surface area contributed by atoms with Crippen LogP contribution in [0.15, 0.2) is 0 Å². The highest BCUT2D eigenvalue weighted by atomic mass is 16.6. The number of carbonyl (C=O) groups is 3. The van der Waals surface area contributed by atoms with E-state index in [-0.39, 0.29) is 31.1 Å². The Morgan fingerprint density at radius 2 is 0.500 bits per heavy atom. The molecule has 0 heterocycles. The maximum atomic E-state index is 12.9. The van der Waals surface area contributed by atoms with Crippen LogP contribution >= 0.6 is 0 Å². The topological polar surface area (TPSA) is 78.9 Å². The minimum atomic E-state index is -0.763. The van der Waals surface area contributed by atoms with Crippen LogP contribution in [0.1, 0.15) is 336 Å². The number of unbranched alkanes of at least 4 members (excludes halogenated alkanes) is 39. The summed E-state index contributed by atoms with van der Waals surface area (Å²) in [5, 5.41) is 0. The van der Waals surface area contributed by atoms with Gasteiger partial charge in [-0.3, -0.25) is 14.4 Å². The molecule has 1 atom stereocenters. The SMILES string of the molecule is CCCCCCCCCCCCCCCC(=O)OC[C@@H](COC(=O)CCCCCCCCCCCCCCCCCC(C)C)OC(=O)CCCCCCCCCCCCCCCCC(C)C. The molecule has 0 radical (unpaired) electrons. The Kier molecular flexibility index (Phi) is 51.5. The number of hydrogen-bond donors (Lipinski definition) is 0. The number of esters is 3. The van der Waals surface area contributed by atoms with Crippen LogP contribution in [0.2, 0.25) is 0 Å². The monoisotopic (exact) mass is 933 g/mol. The molecular weight excluding hydrogens is 817 g/mol. The standard InChI is InChI=1S/C60H116O6/c1-6-7-8-9-10-11-12-18-25-30-35-40-45-50-58(61)64-53-57(66-60(63)52-47-42-37-32-27-22-17-16-20-24-29-34-39-44-49-56(4)5)54-65-59(62)51-46-41-36-31-26-21-15-13-14-19-23-28-33-38-43-48-55(2)3/h55-57H,6-54H2,1-5H3/t57-/m0/s1. The van der Waals surface area contributed by atoms with E-state index in [4.69, 9.17) is 14.2 Å². The molecule has 0 aromatic rings. The largest absolute Gasteiger partial charge is 0.462 e. The van der Waals surface area contributed by atoms with E-state index in [1.165, 1.54) is 225 Å². The summed E-state index contributed by atoms with van der Waals surface area (Å²) in [4.78, 5) is 38.2. The van der Waals surface area contributed by atoms with Gasteiger partial charge in [0.05, 0.1) is 0 Å². The maximum Gasteiger partial charge on any atom is 0.306 e. The lowest BCUT2D eigenvalue weighted by atomic mass is 10.0. The van der Waals surface area contributed by atoms with Crippen molar-refractivity contribution in [2.45, 2.75) is 343 Å². The molecule has 0 unspecified atom stereocenters. The Labute approximate surface area is 412 Å². The molecule has 6 heteroatoms. The van der Waals surface area contributed by atoms with Gasteiger partial charge in [-0.15, -0.1) is 0 Å². The smallest absolute Gasteiger partial charge is 0.306 e. The van der Waals surface area contributed by atoms with Crippen LogP contribution in [0, 0.1) is 11.8 Å². The summed E-state index contributed by atoms with van der Waals surface area (Å²) in [5.41, 5.74) is 0. The van der Waals surface area contributed by atoms with Crippen LogP contribution in [0.5, 0.6) is 0 Å². The second kappa shape index (κ2) is 52.8. The van der Waals surface area contributed by atoms with E-state index >= 15 is 0 Å². The Morgan fingerprint density at radius 3 is 0.742 bits per heavy atom. The van der Waals surface area contributed by atoms with Crippen LogP contribution in [0.3, 0.4) is 0 Å². The van der Waals surface area contributed by atoms with E-state index in [9.17, 15) is 14.4 Å². The van der Waals surface area contributed by atoms with Crippen molar-refractivity contribution in [2.75, 3.05) is 13.2 Å². The van der Waals surface area contributed by atoms with Gasteiger partial charge in [-0.05, 0) is 31.1 Å². The van der Waals surface area contributed by atoms with Gasteiger partial charge in [0.25, 0.3) is 0 Å². The van der Waals surface area contributed by atoms with E-state index in [1.807, 2.05) is 0 Å². The zero-order valence-electron chi connectivity index (χ0n) is 45.3. The van der Waals surface area contributed by atoms with Gasteiger partial charge < -0.3 is 14.2 Å². The first-order chi connectivity index (χ1) is 32.2. The molecule has 0 N–H and O–H groups in total. The average molecular weight is 934 g/mol. The van der Waals surface area contributed by atoms with E-state index in [1.54, 1.807) is 0 Å². The van der Waals surface area contributed by atoms with Crippen LogP contribution in [0.25, 0.3) is 0 Å². The summed E-state index contributed by atoms with van der Waals surface area (Å²) in [6, 6.07) is 0. The van der Waals surface area contributed by atoms with Crippen molar-refractivity contribution in [1.29, 1.82) is 0 Å². The van der Waals surface area contributed by atoms with Gasteiger partial charge in [-0.1, -0.05) is 298 Å². The summed E-state index contributed by atoms with van der Waals surface area (Å²) in [6.07, 6.45) is 56.6. The van der Waals surface area contributed by atoms with Gasteiger partial charge in [-0.2, -0.15) is 0 Å². The van der Waals surface area contributed by atoms with Crippen molar-refractivity contribution >= 4 is 17.9 Å². The predicted molar refractivity (Wildman–Crippen MR) is 284 cm³/mol. The summed E-state index contributed by atoms with van der Waals surface area (Å²) in [5.74, 6) is 0.856. The number of hydrogen-bond acceptors (Lipinski definition) is 6. The molecule has 0 aromatic carbocycles. The van der Waals surface area contributed by atoms with Gasteiger partial charge in [0, 0.05) is 19.3 Å². The summed E-state index contributed by atoms with van der Waals surface area (Å²) in [6.45, 7) is 11.4. The molecule has 392 valence electrons. The van der Waals surface area contributed by atoms with Crippen molar-refractivity contribution in [3.05, 3.63) is 0 Å². The Hall–Kier alpha value is -1.59. The van der Waals surface area contributed by atoms with Crippen LogP contribution in [-0.4, -0.2) is 37.2 Å². The minimum Gasteiger partial charge on any atom is -0.462 e. The molecule has 0 saturated carbocycles. The fraction of sp³-hybridized carbons (Fsp3) is 0.950. The van der Waals surface area contributed by atoms with E-state index < -0.39 is 6.10 Å². The van der Waals surface area contributed by atoms with E-state index in [0.717, 1.165) is 69.6 Å². The molecule has 0 aromatic heterocycles. The lowest BCUT2D eigenvalue weighted by molar-refractivity contribution is -0.167. The van der Waals surface area contributed by atoms with Crippen molar-refractivity contribution in [3.8, 4) is 0 Å². The Balaban J connectivity index is 4.28. The highest BCUT2D eigenvalue weighted by molar-refractivity contribution is 5.71. The molecule has 0 fully saturated rings. The minimum absolute atomic E-state index is 0.0623. The van der Waals surface area contributed by atoms with Crippen molar-refractivity contribution in [1.82, 2.24) is 0 Å². The molecule has 0 bridgehead atoms. The lowest BCUT2D eigenvalue weighted by Crippen LogP contribution is -2.30. The zero-order valence-corrected chi connectivity index (χ0v) is 45.3. The first kappa shape index (κ1) is 64.4. The lowest BCUT2D eigenvalue weighted by Gasteiger charge is -2.18. The first-order valence-electron chi connectivity index (χ1n) is 29.7. The molecule has 0 aliphatic carbocycles. The van der Waals surface area contributed by atoms with Gasteiger partial charge in [0.15, 0.2) is 6.10 Å². The fourth-order valence-electron chi connectivity index (χ4n) is 9.23. The molecule has 66 heavy (non-hydrogen) atoms. The molecule has 0 spiro atoms. The highest BCUT2D eigenvalue weighted by Crippen LogP contribution is 2.18. The number of ether oxygens (including phenoxy) is 3. The van der Waals surface area contributed by atoms with Gasteiger partial charge in [-0.25, -0.2) is 0 Å². The third kappa shape index (κ3) is 53.4. The van der Waals surface area contributed by atoms with Gasteiger partial charge >= 0.3 is 17.9 Å². The summed E-state index contributed by atoms with van der Waals surface area (Å²) in [7, 11) is 0. The molecule has 0 aliphatic heterocycles. The average Bonchev–Trinajstić information content (AvgIpc) is 3.29. The molecule has 0 saturated heterocycles. The molecule has 0 rings (SSSR count). The highest BCUT2D eigenvalue weighted by Gasteiger charge is 2.19. The second-order valence-corrected chi connectivity index (χ2v) is 21.6. The van der Waals surface area contributed by atoms with E-state index in [2.05, 4.69) is 34.6 Å². The molecule has 6 nitrogen and oxygen atoms in total. The van der Waals surface area contributed by atoms with Crippen LogP contribution in [0.4, 0.5) is 0 Å².